The minimum absolute atomic E-state index is 0.334. The number of rotatable bonds is 7. The van der Waals surface area contributed by atoms with Crippen molar-refractivity contribution < 1.29 is 9.53 Å². The highest BCUT2D eigenvalue weighted by atomic mass is 32.2. The largest absolute Gasteiger partial charge is 0.465 e. The smallest absolute Gasteiger partial charge is 0.338 e. The lowest BCUT2D eigenvalue weighted by Crippen LogP contribution is -2.05. The maximum Gasteiger partial charge on any atom is 0.338 e. The summed E-state index contributed by atoms with van der Waals surface area (Å²) in [7, 11) is 1.39. The van der Waals surface area contributed by atoms with Crippen LogP contribution in [0.2, 0.25) is 0 Å². The molecule has 5 nitrogen and oxygen atoms in total. The first kappa shape index (κ1) is 18.9. The predicted octanol–water partition coefficient (Wildman–Crippen LogP) is 4.52. The van der Waals surface area contributed by atoms with Crippen molar-refractivity contribution in [2.45, 2.75) is 24.4 Å². The van der Waals surface area contributed by atoms with Crippen LogP contribution in [0.1, 0.15) is 21.5 Å². The maximum atomic E-state index is 12.0. The molecule has 0 bridgehead atoms. The van der Waals surface area contributed by atoms with E-state index < -0.39 is 0 Å². The highest BCUT2D eigenvalue weighted by Crippen LogP contribution is 2.29. The third-order valence-corrected chi connectivity index (χ3v) is 5.21. The number of hydrogen-bond donors (Lipinski definition) is 0. The average Bonchev–Trinajstić information content (AvgIpc) is 3.09. The van der Waals surface area contributed by atoms with Crippen LogP contribution in [0.4, 0.5) is 0 Å². The van der Waals surface area contributed by atoms with Crippen LogP contribution in [-0.2, 0) is 17.0 Å². The number of nitrogens with zero attached hydrogens (tertiary/aromatic N) is 3. The molecule has 138 valence electrons. The van der Waals surface area contributed by atoms with Crippen LogP contribution < -0.4 is 0 Å². The summed E-state index contributed by atoms with van der Waals surface area (Å²) in [6.07, 6.45) is 1.83. The van der Waals surface area contributed by atoms with Crippen LogP contribution in [0.25, 0.3) is 11.4 Å². The van der Waals surface area contributed by atoms with Gasteiger partial charge in [-0.15, -0.1) is 16.8 Å². The molecule has 1 aromatic heterocycles. The quantitative estimate of drug-likeness (QED) is 0.343. The molecule has 0 aliphatic rings. The molecule has 0 amide bonds. The van der Waals surface area contributed by atoms with Crippen LogP contribution in [-0.4, -0.2) is 27.8 Å². The van der Waals surface area contributed by atoms with E-state index in [-0.39, 0.29) is 5.97 Å². The summed E-state index contributed by atoms with van der Waals surface area (Å²) < 4.78 is 6.91. The zero-order valence-electron chi connectivity index (χ0n) is 15.4. The first-order valence-electron chi connectivity index (χ1n) is 8.54. The van der Waals surface area contributed by atoms with E-state index in [9.17, 15) is 4.79 Å². The van der Waals surface area contributed by atoms with E-state index in [2.05, 4.69) is 29.8 Å². The van der Waals surface area contributed by atoms with E-state index in [1.165, 1.54) is 18.9 Å². The SMILES string of the molecule is C=CCn1c(SCc2ccccc2C(=O)OC)nnc1-c1ccccc1C. The van der Waals surface area contributed by atoms with Crippen LogP contribution >= 0.6 is 11.8 Å². The number of hydrogen-bond acceptors (Lipinski definition) is 5. The molecule has 0 aliphatic carbocycles. The van der Waals surface area contributed by atoms with Crippen molar-refractivity contribution in [2.24, 2.45) is 0 Å². The number of aromatic nitrogens is 3. The lowest BCUT2D eigenvalue weighted by molar-refractivity contribution is 0.0600. The van der Waals surface area contributed by atoms with Crippen LogP contribution in [0.15, 0.2) is 66.3 Å². The van der Waals surface area contributed by atoms with Gasteiger partial charge in [-0.05, 0) is 24.1 Å². The van der Waals surface area contributed by atoms with E-state index in [0.717, 1.165) is 27.7 Å². The Hall–Kier alpha value is -2.86. The molecule has 0 N–H and O–H groups in total. The number of allylic oxidation sites excluding steroid dienone is 1. The summed E-state index contributed by atoms with van der Waals surface area (Å²) in [4.78, 5) is 12.0. The Balaban J connectivity index is 1.90. The van der Waals surface area contributed by atoms with Crippen LogP contribution in [0.3, 0.4) is 0 Å². The minimum atomic E-state index is -0.334. The first-order chi connectivity index (χ1) is 13.2. The number of aryl methyl sites for hydroxylation is 1. The van der Waals surface area contributed by atoms with Gasteiger partial charge in [-0.1, -0.05) is 60.3 Å². The number of thioether (sulfide) groups is 1. The molecule has 3 aromatic rings. The topological polar surface area (TPSA) is 57.0 Å². The fourth-order valence-corrected chi connectivity index (χ4v) is 3.76. The Morgan fingerprint density at radius 2 is 1.93 bits per heavy atom. The maximum absolute atomic E-state index is 12.0. The number of carbonyl (C=O) groups excluding carboxylic acids is 1. The molecular weight excluding hydrogens is 358 g/mol. The summed E-state index contributed by atoms with van der Waals surface area (Å²) in [5.74, 6) is 1.07. The second-order valence-electron chi connectivity index (χ2n) is 5.96. The Kier molecular flexibility index (Phi) is 6.08. The fourth-order valence-electron chi connectivity index (χ4n) is 2.81. The Morgan fingerprint density at radius 3 is 2.67 bits per heavy atom. The molecule has 6 heteroatoms. The van der Waals surface area contributed by atoms with Crippen molar-refractivity contribution in [1.29, 1.82) is 0 Å². The van der Waals surface area contributed by atoms with Gasteiger partial charge in [-0.3, -0.25) is 4.57 Å². The third-order valence-electron chi connectivity index (χ3n) is 4.19. The van der Waals surface area contributed by atoms with E-state index in [4.69, 9.17) is 4.74 Å². The number of carbonyl (C=O) groups is 1. The van der Waals surface area contributed by atoms with Crippen molar-refractivity contribution in [3.8, 4) is 11.4 Å². The van der Waals surface area contributed by atoms with E-state index >= 15 is 0 Å². The fraction of sp³-hybridized carbons (Fsp3) is 0.190. The van der Waals surface area contributed by atoms with Gasteiger partial charge >= 0.3 is 5.97 Å². The van der Waals surface area contributed by atoms with Gasteiger partial charge < -0.3 is 4.74 Å². The second kappa shape index (κ2) is 8.68. The van der Waals surface area contributed by atoms with Gasteiger partial charge in [0.05, 0.1) is 12.7 Å². The van der Waals surface area contributed by atoms with Gasteiger partial charge in [-0.25, -0.2) is 4.79 Å². The van der Waals surface area contributed by atoms with Crippen molar-refractivity contribution in [2.75, 3.05) is 7.11 Å². The molecule has 0 fully saturated rings. The molecule has 27 heavy (non-hydrogen) atoms. The number of benzene rings is 2. The second-order valence-corrected chi connectivity index (χ2v) is 6.90. The zero-order valence-corrected chi connectivity index (χ0v) is 16.2. The summed E-state index contributed by atoms with van der Waals surface area (Å²) in [6, 6.07) is 15.5. The van der Waals surface area contributed by atoms with Crippen LogP contribution in [0, 0.1) is 6.92 Å². The van der Waals surface area contributed by atoms with Gasteiger partial charge in [0.2, 0.25) is 0 Å². The molecule has 0 atom stereocenters. The van der Waals surface area contributed by atoms with Gasteiger partial charge in [0.1, 0.15) is 0 Å². The summed E-state index contributed by atoms with van der Waals surface area (Å²) in [5.41, 5.74) is 3.66. The number of ether oxygens (including phenoxy) is 1. The molecule has 0 aliphatic heterocycles. The van der Waals surface area contributed by atoms with E-state index in [1.54, 1.807) is 6.07 Å². The van der Waals surface area contributed by atoms with Crippen molar-refractivity contribution >= 4 is 17.7 Å². The average molecular weight is 379 g/mol. The summed E-state index contributed by atoms with van der Waals surface area (Å²) in [6.45, 7) is 6.52. The standard InChI is InChI=1S/C21H21N3O2S/c1-4-13-24-19(17-11-7-5-9-15(17)2)22-23-21(24)27-14-16-10-6-8-12-18(16)20(25)26-3/h4-12H,1,13-14H2,2-3H3. The highest BCUT2D eigenvalue weighted by molar-refractivity contribution is 7.98. The highest BCUT2D eigenvalue weighted by Gasteiger charge is 2.17. The summed E-state index contributed by atoms with van der Waals surface area (Å²) in [5, 5.41) is 9.56. The minimum Gasteiger partial charge on any atom is -0.465 e. The van der Waals surface area contributed by atoms with Crippen LogP contribution in [0.5, 0.6) is 0 Å². The summed E-state index contributed by atoms with van der Waals surface area (Å²) >= 11 is 1.54. The number of methoxy groups -OCH3 is 1. The molecule has 0 saturated heterocycles. The van der Waals surface area contributed by atoms with Gasteiger partial charge in [-0.2, -0.15) is 0 Å². The molecule has 2 aromatic carbocycles. The van der Waals surface area contributed by atoms with Gasteiger partial charge in [0.25, 0.3) is 0 Å². The van der Waals surface area contributed by atoms with Crippen molar-refractivity contribution in [1.82, 2.24) is 14.8 Å². The predicted molar refractivity (Wildman–Crippen MR) is 108 cm³/mol. The Bertz CT molecular complexity index is 966. The zero-order chi connectivity index (χ0) is 19.2. The lowest BCUT2D eigenvalue weighted by atomic mass is 10.1. The van der Waals surface area contributed by atoms with Gasteiger partial charge in [0, 0.05) is 17.9 Å². The number of esters is 1. The Labute approximate surface area is 163 Å². The molecule has 1 heterocycles. The monoisotopic (exact) mass is 379 g/mol. The molecular formula is C21H21N3O2S. The first-order valence-corrected chi connectivity index (χ1v) is 9.53. The third kappa shape index (κ3) is 4.11. The van der Waals surface area contributed by atoms with Gasteiger partial charge in [0.15, 0.2) is 11.0 Å². The molecule has 0 radical (unpaired) electrons. The lowest BCUT2D eigenvalue weighted by Gasteiger charge is -2.10. The molecule has 0 saturated carbocycles. The molecule has 3 rings (SSSR count). The van der Waals surface area contributed by atoms with Crippen molar-refractivity contribution in [3.05, 3.63) is 77.9 Å². The van der Waals surface area contributed by atoms with E-state index in [0.29, 0.717) is 17.9 Å². The molecule has 0 spiro atoms. The molecule has 0 unspecified atom stereocenters. The van der Waals surface area contributed by atoms with E-state index in [1.807, 2.05) is 47.0 Å². The van der Waals surface area contributed by atoms with Crippen molar-refractivity contribution in [3.63, 3.8) is 0 Å². The Morgan fingerprint density at radius 1 is 1.19 bits per heavy atom. The normalized spacial score (nSPS) is 10.6.